The van der Waals surface area contributed by atoms with E-state index in [9.17, 15) is 14.7 Å². The number of nitrogens with zero attached hydrogens (tertiary/aromatic N) is 3. The third-order valence-electron chi connectivity index (χ3n) is 5.46. The number of carbonyl (C=O) groups is 2. The summed E-state index contributed by atoms with van der Waals surface area (Å²) in [6.45, 7) is 3.18. The van der Waals surface area contributed by atoms with Crippen molar-refractivity contribution in [2.75, 3.05) is 7.11 Å². The van der Waals surface area contributed by atoms with E-state index in [1.807, 2.05) is 24.3 Å². The van der Waals surface area contributed by atoms with Crippen LogP contribution in [0.2, 0.25) is 0 Å². The molecule has 0 saturated heterocycles. The summed E-state index contributed by atoms with van der Waals surface area (Å²) in [6, 6.07) is 19.2. The second kappa shape index (κ2) is 10.3. The summed E-state index contributed by atoms with van der Waals surface area (Å²) in [4.78, 5) is 24.8. The fourth-order valence-corrected chi connectivity index (χ4v) is 3.34. The number of rotatable bonds is 10. The van der Waals surface area contributed by atoms with Gasteiger partial charge in [0, 0.05) is 11.6 Å². The molecule has 4 aromatic rings. The Kier molecular flexibility index (Phi) is 7.00. The molecular weight excluding hydrogens is 462 g/mol. The van der Waals surface area contributed by atoms with Crippen LogP contribution in [0.15, 0.2) is 79.1 Å². The van der Waals surface area contributed by atoms with Gasteiger partial charge < -0.3 is 19.3 Å². The van der Waals surface area contributed by atoms with E-state index in [1.54, 1.807) is 53.5 Å². The lowest BCUT2D eigenvalue weighted by Gasteiger charge is -2.23. The number of carboxylic acid groups (broad SMARTS) is 1. The molecule has 36 heavy (non-hydrogen) atoms. The predicted octanol–water partition coefficient (Wildman–Crippen LogP) is 4.33. The third kappa shape index (κ3) is 5.52. The highest BCUT2D eigenvalue weighted by Crippen LogP contribution is 2.30. The van der Waals surface area contributed by atoms with Gasteiger partial charge in [-0.15, -0.1) is 5.10 Å². The molecule has 1 N–H and O–H groups in total. The van der Waals surface area contributed by atoms with Crippen molar-refractivity contribution in [3.8, 4) is 22.9 Å². The van der Waals surface area contributed by atoms with Gasteiger partial charge in [0.15, 0.2) is 11.4 Å². The van der Waals surface area contributed by atoms with Crippen molar-refractivity contribution >= 4 is 11.8 Å². The predicted molar refractivity (Wildman–Crippen MR) is 131 cm³/mol. The van der Waals surface area contributed by atoms with Gasteiger partial charge in [-0.1, -0.05) is 17.3 Å². The lowest BCUT2D eigenvalue weighted by Crippen LogP contribution is -2.38. The third-order valence-corrected chi connectivity index (χ3v) is 5.46. The van der Waals surface area contributed by atoms with Crippen LogP contribution in [-0.4, -0.2) is 44.6 Å². The molecule has 0 aliphatic carbocycles. The Bertz CT molecular complexity index is 1350. The van der Waals surface area contributed by atoms with Crippen LogP contribution in [0.25, 0.3) is 5.69 Å². The second-order valence-electron chi connectivity index (χ2n) is 8.44. The van der Waals surface area contributed by atoms with Crippen LogP contribution in [0.5, 0.6) is 17.2 Å². The van der Waals surface area contributed by atoms with E-state index in [0.717, 1.165) is 11.3 Å². The van der Waals surface area contributed by atoms with Crippen molar-refractivity contribution in [1.82, 2.24) is 15.0 Å². The van der Waals surface area contributed by atoms with Crippen LogP contribution in [0.3, 0.4) is 0 Å². The summed E-state index contributed by atoms with van der Waals surface area (Å²) in [5, 5.41) is 17.2. The summed E-state index contributed by atoms with van der Waals surface area (Å²) in [7, 11) is 1.48. The number of ketones is 1. The zero-order valence-electron chi connectivity index (χ0n) is 20.0. The second-order valence-corrected chi connectivity index (χ2v) is 8.44. The van der Waals surface area contributed by atoms with Crippen molar-refractivity contribution in [2.24, 2.45) is 0 Å². The number of carboxylic acids is 1. The molecule has 1 heterocycles. The van der Waals surface area contributed by atoms with E-state index < -0.39 is 11.6 Å². The largest absolute Gasteiger partial charge is 0.497 e. The lowest BCUT2D eigenvalue weighted by atomic mass is 10.0. The van der Waals surface area contributed by atoms with Gasteiger partial charge in [-0.3, -0.25) is 4.79 Å². The first-order valence-electron chi connectivity index (χ1n) is 11.1. The van der Waals surface area contributed by atoms with E-state index in [4.69, 9.17) is 14.2 Å². The Hall–Kier alpha value is -4.66. The molecule has 0 spiro atoms. The van der Waals surface area contributed by atoms with Crippen LogP contribution in [-0.2, 0) is 11.4 Å². The average Bonchev–Trinajstić information content (AvgIpc) is 3.42. The Morgan fingerprint density at radius 3 is 2.28 bits per heavy atom. The molecule has 9 nitrogen and oxygen atoms in total. The van der Waals surface area contributed by atoms with E-state index >= 15 is 0 Å². The van der Waals surface area contributed by atoms with Gasteiger partial charge in [0.1, 0.15) is 23.9 Å². The first kappa shape index (κ1) is 24.5. The van der Waals surface area contributed by atoms with E-state index in [2.05, 4.69) is 10.3 Å². The summed E-state index contributed by atoms with van der Waals surface area (Å²) in [5.74, 6) is -0.297. The normalized spacial score (nSPS) is 11.1. The number of carbonyl (C=O) groups excluding carboxylic acids is 1. The monoisotopic (exact) mass is 487 g/mol. The molecule has 0 aliphatic rings. The standard InChI is InChI=1S/C27H25N3O6/c1-27(2,26(32)33)36-24-16-22(34-3)12-13-23(24)25(31)19-6-10-21(11-7-19)35-17-18-4-8-20(9-5-18)30-15-14-28-29-30/h4-16H,17H2,1-3H3,(H,32,33). The molecule has 1 aromatic heterocycles. The Labute approximate surface area is 207 Å². The topological polar surface area (TPSA) is 113 Å². The summed E-state index contributed by atoms with van der Waals surface area (Å²) in [6.07, 6.45) is 3.38. The Morgan fingerprint density at radius 1 is 0.972 bits per heavy atom. The molecule has 0 saturated carbocycles. The van der Waals surface area contributed by atoms with Crippen molar-refractivity contribution in [1.29, 1.82) is 0 Å². The number of aliphatic carboxylic acids is 1. The summed E-state index contributed by atoms with van der Waals surface area (Å²) in [5.41, 5.74) is 0.966. The molecule has 0 fully saturated rings. The number of hydrogen-bond donors (Lipinski definition) is 1. The molecule has 9 heteroatoms. The van der Waals surface area contributed by atoms with Gasteiger partial charge in [0.05, 0.1) is 30.8 Å². The first-order chi connectivity index (χ1) is 17.3. The smallest absolute Gasteiger partial charge is 0.347 e. The zero-order chi connectivity index (χ0) is 25.7. The fourth-order valence-electron chi connectivity index (χ4n) is 3.34. The highest BCUT2D eigenvalue weighted by molar-refractivity contribution is 6.11. The minimum absolute atomic E-state index is 0.126. The molecule has 0 amide bonds. The maximum absolute atomic E-state index is 13.2. The van der Waals surface area contributed by atoms with Crippen molar-refractivity contribution < 1.29 is 28.9 Å². The molecule has 4 rings (SSSR count). The summed E-state index contributed by atoms with van der Waals surface area (Å²) >= 11 is 0. The van der Waals surface area contributed by atoms with Crippen molar-refractivity contribution in [3.63, 3.8) is 0 Å². The maximum atomic E-state index is 13.2. The maximum Gasteiger partial charge on any atom is 0.347 e. The van der Waals surface area contributed by atoms with Crippen LogP contribution in [0.1, 0.15) is 35.3 Å². The molecule has 3 aromatic carbocycles. The van der Waals surface area contributed by atoms with E-state index in [-0.39, 0.29) is 17.1 Å². The van der Waals surface area contributed by atoms with Crippen LogP contribution >= 0.6 is 0 Å². The van der Waals surface area contributed by atoms with Gasteiger partial charge >= 0.3 is 5.97 Å². The van der Waals surface area contributed by atoms with Crippen LogP contribution in [0, 0.1) is 0 Å². The lowest BCUT2D eigenvalue weighted by molar-refractivity contribution is -0.152. The molecule has 184 valence electrons. The van der Waals surface area contributed by atoms with Crippen LogP contribution < -0.4 is 14.2 Å². The number of aromatic nitrogens is 3. The van der Waals surface area contributed by atoms with Gasteiger partial charge in [0.2, 0.25) is 0 Å². The van der Waals surface area contributed by atoms with E-state index in [0.29, 0.717) is 23.7 Å². The fraction of sp³-hybridized carbons (Fsp3) is 0.185. The average molecular weight is 488 g/mol. The minimum Gasteiger partial charge on any atom is -0.497 e. The number of benzene rings is 3. The zero-order valence-corrected chi connectivity index (χ0v) is 20.0. The summed E-state index contributed by atoms with van der Waals surface area (Å²) < 4.78 is 18.4. The molecule has 0 atom stereocenters. The highest BCUT2D eigenvalue weighted by Gasteiger charge is 2.31. The Morgan fingerprint density at radius 2 is 1.67 bits per heavy atom. The van der Waals surface area contributed by atoms with Crippen molar-refractivity contribution in [2.45, 2.75) is 26.1 Å². The minimum atomic E-state index is -1.54. The van der Waals surface area contributed by atoms with Gasteiger partial charge in [-0.2, -0.15) is 0 Å². The first-order valence-corrected chi connectivity index (χ1v) is 11.1. The molecule has 0 unspecified atom stereocenters. The molecular formula is C27H25N3O6. The van der Waals surface area contributed by atoms with Crippen molar-refractivity contribution in [3.05, 3.63) is 95.8 Å². The molecule has 0 radical (unpaired) electrons. The van der Waals surface area contributed by atoms with Gasteiger partial charge in [-0.05, 0) is 67.9 Å². The number of ether oxygens (including phenoxy) is 3. The number of hydrogen-bond acceptors (Lipinski definition) is 7. The molecule has 0 aliphatic heterocycles. The quantitative estimate of drug-likeness (QED) is 0.329. The molecule has 0 bridgehead atoms. The van der Waals surface area contributed by atoms with E-state index in [1.165, 1.54) is 27.0 Å². The van der Waals surface area contributed by atoms with Gasteiger partial charge in [0.25, 0.3) is 0 Å². The van der Waals surface area contributed by atoms with Gasteiger partial charge in [-0.25, -0.2) is 9.48 Å². The SMILES string of the molecule is COc1ccc(C(=O)c2ccc(OCc3ccc(-n4ccnn4)cc3)cc2)c(OC(C)(C)C(=O)O)c1. The Balaban J connectivity index is 1.46. The van der Waals surface area contributed by atoms with Crippen LogP contribution in [0.4, 0.5) is 0 Å². The highest BCUT2D eigenvalue weighted by atomic mass is 16.5. The number of methoxy groups -OCH3 is 1.